The van der Waals surface area contributed by atoms with Crippen LogP contribution in [0.1, 0.15) is 21.9 Å². The van der Waals surface area contributed by atoms with Gasteiger partial charge in [-0.1, -0.05) is 0 Å². The van der Waals surface area contributed by atoms with Crippen LogP contribution in [0, 0.1) is 6.92 Å². The molecule has 1 aromatic carbocycles. The lowest BCUT2D eigenvalue weighted by atomic mass is 10.1. The van der Waals surface area contributed by atoms with Gasteiger partial charge in [0.2, 0.25) is 5.78 Å². The Hall–Kier alpha value is -2.23. The van der Waals surface area contributed by atoms with Gasteiger partial charge in [-0.25, -0.2) is 0 Å². The lowest BCUT2D eigenvalue weighted by Gasteiger charge is -2.01. The molecular weight excluding hydrogens is 204 g/mol. The minimum atomic E-state index is -0.216. The first-order chi connectivity index (χ1) is 7.56. The molecule has 0 aliphatic carbocycles. The van der Waals surface area contributed by atoms with Crippen LogP contribution < -0.4 is 11.5 Å². The highest BCUT2D eigenvalue weighted by Crippen LogP contribution is 2.18. The van der Waals surface area contributed by atoms with Crippen LogP contribution >= 0.6 is 0 Å². The number of nitrogen functional groups attached to an aromatic ring is 2. The number of carbonyl (C=O) groups is 1. The Kier molecular flexibility index (Phi) is 2.40. The minimum Gasteiger partial charge on any atom is -0.458 e. The average molecular weight is 216 g/mol. The molecule has 0 amide bonds. The molecule has 0 bridgehead atoms. The van der Waals surface area contributed by atoms with E-state index >= 15 is 0 Å². The molecule has 4 nitrogen and oxygen atoms in total. The molecule has 82 valence electrons. The standard InChI is InChI=1S/C12H12N2O2/c1-7-2-3-11(16-7)12(15)8-4-9(13)6-10(14)5-8/h2-6H,13-14H2,1H3. The number of ketones is 1. The molecular formula is C12H12N2O2. The summed E-state index contributed by atoms with van der Waals surface area (Å²) in [6, 6.07) is 8.14. The van der Waals surface area contributed by atoms with E-state index in [0.29, 0.717) is 28.5 Å². The zero-order valence-corrected chi connectivity index (χ0v) is 8.86. The van der Waals surface area contributed by atoms with Crippen molar-refractivity contribution in [3.63, 3.8) is 0 Å². The Morgan fingerprint density at radius 2 is 1.75 bits per heavy atom. The third-order valence-corrected chi connectivity index (χ3v) is 2.20. The highest BCUT2D eigenvalue weighted by atomic mass is 16.3. The number of furan rings is 1. The molecule has 0 atom stereocenters. The first-order valence-electron chi connectivity index (χ1n) is 4.83. The van der Waals surface area contributed by atoms with E-state index in [4.69, 9.17) is 15.9 Å². The van der Waals surface area contributed by atoms with Crippen LogP contribution in [0.25, 0.3) is 0 Å². The number of benzene rings is 1. The highest BCUT2D eigenvalue weighted by molar-refractivity contribution is 6.08. The monoisotopic (exact) mass is 216 g/mol. The van der Waals surface area contributed by atoms with E-state index in [9.17, 15) is 4.79 Å². The highest BCUT2D eigenvalue weighted by Gasteiger charge is 2.13. The molecule has 4 N–H and O–H groups in total. The fourth-order valence-electron chi connectivity index (χ4n) is 1.51. The Balaban J connectivity index is 2.41. The molecule has 1 aromatic heterocycles. The number of carbonyl (C=O) groups excluding carboxylic acids is 1. The van der Waals surface area contributed by atoms with Gasteiger partial charge in [-0.3, -0.25) is 4.79 Å². The van der Waals surface area contributed by atoms with E-state index in [1.807, 2.05) is 0 Å². The summed E-state index contributed by atoms with van der Waals surface area (Å²) in [5.41, 5.74) is 12.6. The lowest BCUT2D eigenvalue weighted by molar-refractivity contribution is 0.101. The van der Waals surface area contributed by atoms with Gasteiger partial charge in [0.05, 0.1) is 0 Å². The molecule has 0 aliphatic rings. The number of anilines is 2. The van der Waals surface area contributed by atoms with Crippen LogP contribution in [-0.2, 0) is 0 Å². The summed E-state index contributed by atoms with van der Waals surface area (Å²) in [7, 11) is 0. The van der Waals surface area contributed by atoms with Crippen molar-refractivity contribution in [2.45, 2.75) is 6.92 Å². The minimum absolute atomic E-state index is 0.216. The SMILES string of the molecule is Cc1ccc(C(=O)c2cc(N)cc(N)c2)o1. The van der Waals surface area contributed by atoms with Gasteiger partial charge in [0.25, 0.3) is 0 Å². The van der Waals surface area contributed by atoms with Gasteiger partial charge in [-0.05, 0) is 37.3 Å². The zero-order valence-electron chi connectivity index (χ0n) is 8.86. The van der Waals surface area contributed by atoms with Crippen LogP contribution in [0.15, 0.2) is 34.7 Å². The molecule has 16 heavy (non-hydrogen) atoms. The molecule has 0 fully saturated rings. The average Bonchev–Trinajstić information content (AvgIpc) is 2.62. The van der Waals surface area contributed by atoms with Crippen molar-refractivity contribution in [3.05, 3.63) is 47.4 Å². The molecule has 0 spiro atoms. The second-order valence-electron chi connectivity index (χ2n) is 3.63. The Morgan fingerprint density at radius 3 is 2.25 bits per heavy atom. The van der Waals surface area contributed by atoms with Gasteiger partial charge < -0.3 is 15.9 Å². The zero-order chi connectivity index (χ0) is 11.7. The van der Waals surface area contributed by atoms with Gasteiger partial charge in [-0.15, -0.1) is 0 Å². The van der Waals surface area contributed by atoms with Crippen molar-refractivity contribution < 1.29 is 9.21 Å². The summed E-state index contributed by atoms with van der Waals surface area (Å²) >= 11 is 0. The van der Waals surface area contributed by atoms with E-state index in [-0.39, 0.29) is 5.78 Å². The van der Waals surface area contributed by atoms with Gasteiger partial charge in [0.15, 0.2) is 5.76 Å². The number of nitrogens with two attached hydrogens (primary N) is 2. The summed E-state index contributed by atoms with van der Waals surface area (Å²) in [5, 5.41) is 0. The van der Waals surface area contributed by atoms with E-state index < -0.39 is 0 Å². The van der Waals surface area contributed by atoms with Crippen LogP contribution in [0.5, 0.6) is 0 Å². The van der Waals surface area contributed by atoms with Crippen molar-refractivity contribution >= 4 is 17.2 Å². The third kappa shape index (κ3) is 1.91. The maximum atomic E-state index is 12.0. The molecule has 0 saturated carbocycles. The molecule has 2 rings (SSSR count). The maximum absolute atomic E-state index is 12.0. The number of rotatable bonds is 2. The van der Waals surface area contributed by atoms with Crippen LogP contribution in [0.2, 0.25) is 0 Å². The summed E-state index contributed by atoms with van der Waals surface area (Å²) < 4.78 is 5.25. The van der Waals surface area contributed by atoms with Crippen molar-refractivity contribution in [1.29, 1.82) is 0 Å². The molecule has 4 heteroatoms. The Morgan fingerprint density at radius 1 is 1.12 bits per heavy atom. The normalized spacial score (nSPS) is 10.3. The lowest BCUT2D eigenvalue weighted by Crippen LogP contribution is -2.02. The van der Waals surface area contributed by atoms with Crippen LogP contribution in [0.3, 0.4) is 0 Å². The molecule has 0 unspecified atom stereocenters. The predicted molar refractivity (Wildman–Crippen MR) is 62.1 cm³/mol. The van der Waals surface area contributed by atoms with Gasteiger partial charge in [0, 0.05) is 16.9 Å². The Labute approximate surface area is 92.9 Å². The second kappa shape index (κ2) is 3.73. The Bertz CT molecular complexity index is 523. The largest absolute Gasteiger partial charge is 0.458 e. The van der Waals surface area contributed by atoms with Crippen molar-refractivity contribution in [3.8, 4) is 0 Å². The third-order valence-electron chi connectivity index (χ3n) is 2.20. The summed E-state index contributed by atoms with van der Waals surface area (Å²) in [4.78, 5) is 12.0. The summed E-state index contributed by atoms with van der Waals surface area (Å²) in [6.07, 6.45) is 0. The van der Waals surface area contributed by atoms with Gasteiger partial charge in [-0.2, -0.15) is 0 Å². The number of hydrogen-bond acceptors (Lipinski definition) is 4. The summed E-state index contributed by atoms with van der Waals surface area (Å²) in [6.45, 7) is 1.78. The number of hydrogen-bond donors (Lipinski definition) is 2. The molecule has 2 aromatic rings. The topological polar surface area (TPSA) is 82.2 Å². The van der Waals surface area contributed by atoms with E-state index in [2.05, 4.69) is 0 Å². The fourth-order valence-corrected chi connectivity index (χ4v) is 1.51. The van der Waals surface area contributed by atoms with Crippen LogP contribution in [0.4, 0.5) is 11.4 Å². The smallest absolute Gasteiger partial charge is 0.228 e. The van der Waals surface area contributed by atoms with Crippen LogP contribution in [-0.4, -0.2) is 5.78 Å². The second-order valence-corrected chi connectivity index (χ2v) is 3.63. The summed E-state index contributed by atoms with van der Waals surface area (Å²) in [5.74, 6) is 0.773. The predicted octanol–water partition coefficient (Wildman–Crippen LogP) is 1.98. The fraction of sp³-hybridized carbons (Fsp3) is 0.0833. The van der Waals surface area contributed by atoms with E-state index in [1.165, 1.54) is 0 Å². The van der Waals surface area contributed by atoms with Crippen molar-refractivity contribution in [2.75, 3.05) is 11.5 Å². The quantitative estimate of drug-likeness (QED) is 0.594. The van der Waals surface area contributed by atoms with E-state index in [1.54, 1.807) is 37.3 Å². The maximum Gasteiger partial charge on any atom is 0.228 e. The van der Waals surface area contributed by atoms with Crippen molar-refractivity contribution in [2.24, 2.45) is 0 Å². The van der Waals surface area contributed by atoms with Gasteiger partial charge >= 0.3 is 0 Å². The molecule has 0 saturated heterocycles. The first kappa shape index (κ1) is 10.3. The number of aryl methyl sites for hydroxylation is 1. The van der Waals surface area contributed by atoms with E-state index in [0.717, 1.165) is 0 Å². The van der Waals surface area contributed by atoms with Crippen molar-refractivity contribution in [1.82, 2.24) is 0 Å². The molecule has 0 aliphatic heterocycles. The molecule has 0 radical (unpaired) electrons. The van der Waals surface area contributed by atoms with Gasteiger partial charge in [0.1, 0.15) is 5.76 Å². The molecule has 1 heterocycles. The first-order valence-corrected chi connectivity index (χ1v) is 4.83.